The van der Waals surface area contributed by atoms with E-state index in [0.717, 1.165) is 12.1 Å². The molecule has 6 heteroatoms. The van der Waals surface area contributed by atoms with E-state index in [0.29, 0.717) is 15.6 Å². The third-order valence-corrected chi connectivity index (χ3v) is 5.25. The predicted molar refractivity (Wildman–Crippen MR) is 93.7 cm³/mol. The molecule has 2 aromatic carbocycles. The van der Waals surface area contributed by atoms with E-state index in [1.54, 1.807) is 30.6 Å². The number of aliphatic imine (C=N–C) groups is 1. The molecule has 0 heterocycles. The minimum Gasteiger partial charge on any atom is -0.366 e. The number of rotatable bonds is 5. The van der Waals surface area contributed by atoms with Gasteiger partial charge >= 0.3 is 0 Å². The van der Waals surface area contributed by atoms with Crippen molar-refractivity contribution in [1.82, 2.24) is 4.90 Å². The Morgan fingerprint density at radius 2 is 2.00 bits per heavy atom. The van der Waals surface area contributed by atoms with Gasteiger partial charge in [0, 0.05) is 18.5 Å². The van der Waals surface area contributed by atoms with Gasteiger partial charge in [-0.3, -0.25) is 0 Å². The van der Waals surface area contributed by atoms with Gasteiger partial charge < -0.3 is 4.90 Å². The molecule has 0 aliphatic heterocycles. The van der Waals surface area contributed by atoms with Crippen LogP contribution in [0.15, 0.2) is 51.2 Å². The molecule has 2 aromatic rings. The summed E-state index contributed by atoms with van der Waals surface area (Å²) in [5, 5.41) is 0.385. The Kier molecular flexibility index (Phi) is 5.91. The lowest BCUT2D eigenvalue weighted by atomic mass is 10.2. The molecule has 0 saturated carbocycles. The number of hydrogen-bond donors (Lipinski definition) is 0. The first kappa shape index (κ1) is 17.6. The fraction of sp³-hybridized carbons (Fsp3) is 0.235. The standard InChI is InChI=1S/C17H18ClFN2OS/c1-4-21(3)11-20-15-9-12(2)17(10-13(15)18)23(22)16-8-6-5-7-14(16)19/h5-11H,4H2,1-3H3. The van der Waals surface area contributed by atoms with Gasteiger partial charge in [0.05, 0.1) is 32.7 Å². The maximum atomic E-state index is 13.8. The van der Waals surface area contributed by atoms with Crippen LogP contribution in [0.5, 0.6) is 0 Å². The predicted octanol–water partition coefficient (Wildman–Crippen LogP) is 4.57. The SMILES string of the molecule is CCN(C)C=Nc1cc(C)c(S(=O)c2ccccc2F)cc1Cl. The maximum Gasteiger partial charge on any atom is 0.139 e. The van der Waals surface area contributed by atoms with E-state index in [4.69, 9.17) is 11.6 Å². The van der Waals surface area contributed by atoms with Crippen molar-refractivity contribution < 1.29 is 8.60 Å². The van der Waals surface area contributed by atoms with Gasteiger partial charge in [0.1, 0.15) is 5.82 Å². The molecule has 0 aliphatic carbocycles. The number of halogens is 2. The largest absolute Gasteiger partial charge is 0.366 e. The Bertz CT molecular complexity index is 764. The van der Waals surface area contributed by atoms with E-state index in [-0.39, 0.29) is 4.90 Å². The van der Waals surface area contributed by atoms with Crippen LogP contribution in [-0.4, -0.2) is 29.0 Å². The number of hydrogen-bond acceptors (Lipinski definition) is 2. The summed E-state index contributed by atoms with van der Waals surface area (Å²) in [4.78, 5) is 6.87. The van der Waals surface area contributed by atoms with E-state index in [9.17, 15) is 8.60 Å². The summed E-state index contributed by atoms with van der Waals surface area (Å²) in [6.07, 6.45) is 1.69. The van der Waals surface area contributed by atoms with Crippen LogP contribution in [0.2, 0.25) is 5.02 Å². The minimum atomic E-state index is -1.62. The Morgan fingerprint density at radius 3 is 2.65 bits per heavy atom. The number of aryl methyl sites for hydroxylation is 1. The third kappa shape index (κ3) is 4.18. The lowest BCUT2D eigenvalue weighted by Gasteiger charge is -2.11. The molecule has 0 fully saturated rings. The molecule has 0 saturated heterocycles. The minimum absolute atomic E-state index is 0.147. The lowest BCUT2D eigenvalue weighted by molar-refractivity contribution is 0.552. The highest BCUT2D eigenvalue weighted by Gasteiger charge is 2.16. The highest BCUT2D eigenvalue weighted by atomic mass is 35.5. The van der Waals surface area contributed by atoms with E-state index in [1.807, 2.05) is 25.8 Å². The van der Waals surface area contributed by atoms with E-state index in [2.05, 4.69) is 4.99 Å². The Balaban J connectivity index is 2.39. The highest BCUT2D eigenvalue weighted by Crippen LogP contribution is 2.32. The molecule has 0 radical (unpaired) electrons. The Hall–Kier alpha value is -1.72. The average Bonchev–Trinajstić information content (AvgIpc) is 2.54. The maximum absolute atomic E-state index is 13.8. The van der Waals surface area contributed by atoms with Gasteiger partial charge in [0.25, 0.3) is 0 Å². The fourth-order valence-electron chi connectivity index (χ4n) is 1.90. The first-order valence-corrected chi connectivity index (χ1v) is 8.67. The summed E-state index contributed by atoms with van der Waals surface area (Å²) in [5.41, 5.74) is 1.35. The lowest BCUT2D eigenvalue weighted by Crippen LogP contribution is -2.14. The zero-order chi connectivity index (χ0) is 17.0. The van der Waals surface area contributed by atoms with Crippen LogP contribution in [0, 0.1) is 12.7 Å². The van der Waals surface area contributed by atoms with E-state index in [1.165, 1.54) is 12.1 Å². The third-order valence-electron chi connectivity index (χ3n) is 3.37. The monoisotopic (exact) mass is 352 g/mol. The average molecular weight is 353 g/mol. The van der Waals surface area contributed by atoms with Crippen molar-refractivity contribution in [2.24, 2.45) is 4.99 Å². The van der Waals surface area contributed by atoms with E-state index < -0.39 is 16.6 Å². The van der Waals surface area contributed by atoms with Gasteiger partial charge in [-0.25, -0.2) is 13.6 Å². The first-order valence-electron chi connectivity index (χ1n) is 7.15. The molecule has 1 atom stereocenters. The van der Waals surface area contributed by atoms with E-state index >= 15 is 0 Å². The van der Waals surface area contributed by atoms with Crippen LogP contribution in [-0.2, 0) is 10.8 Å². The van der Waals surface area contributed by atoms with Gasteiger partial charge in [-0.1, -0.05) is 23.7 Å². The molecule has 0 aromatic heterocycles. The number of nitrogens with zero attached hydrogens (tertiary/aromatic N) is 2. The number of benzene rings is 2. The molecular formula is C17H18ClFN2OS. The molecule has 122 valence electrons. The summed E-state index contributed by atoms with van der Waals surface area (Å²) in [5.74, 6) is -0.493. The van der Waals surface area contributed by atoms with Crippen molar-refractivity contribution in [2.45, 2.75) is 23.6 Å². The molecule has 0 bridgehead atoms. The summed E-state index contributed by atoms with van der Waals surface area (Å²) in [6, 6.07) is 9.39. The molecule has 0 spiro atoms. The Morgan fingerprint density at radius 1 is 1.30 bits per heavy atom. The van der Waals surface area contributed by atoms with Crippen LogP contribution in [0.25, 0.3) is 0 Å². The zero-order valence-electron chi connectivity index (χ0n) is 13.2. The van der Waals surface area contributed by atoms with Gasteiger partial charge in [-0.15, -0.1) is 0 Å². The Labute approximate surface area is 143 Å². The highest BCUT2D eigenvalue weighted by molar-refractivity contribution is 7.85. The molecule has 3 nitrogen and oxygen atoms in total. The van der Waals surface area contributed by atoms with Crippen molar-refractivity contribution in [1.29, 1.82) is 0 Å². The van der Waals surface area contributed by atoms with Crippen molar-refractivity contribution in [3.05, 3.63) is 52.8 Å². The quantitative estimate of drug-likeness (QED) is 0.583. The molecule has 23 heavy (non-hydrogen) atoms. The second-order valence-corrected chi connectivity index (χ2v) is 6.91. The van der Waals surface area contributed by atoms with Crippen molar-refractivity contribution in [2.75, 3.05) is 13.6 Å². The fourth-order valence-corrected chi connectivity index (χ4v) is 3.44. The van der Waals surface area contributed by atoms with Gasteiger partial charge in [-0.05, 0) is 43.7 Å². The summed E-state index contributed by atoms with van der Waals surface area (Å²) in [7, 11) is 0.284. The molecule has 0 N–H and O–H groups in total. The normalized spacial score (nSPS) is 12.6. The topological polar surface area (TPSA) is 32.7 Å². The van der Waals surface area contributed by atoms with Crippen LogP contribution in [0.4, 0.5) is 10.1 Å². The molecule has 0 amide bonds. The van der Waals surface area contributed by atoms with Crippen LogP contribution < -0.4 is 0 Å². The van der Waals surface area contributed by atoms with Crippen LogP contribution in [0.3, 0.4) is 0 Å². The van der Waals surface area contributed by atoms with Crippen LogP contribution in [0.1, 0.15) is 12.5 Å². The summed E-state index contributed by atoms with van der Waals surface area (Å²) < 4.78 is 26.5. The molecule has 0 aliphatic rings. The molecular weight excluding hydrogens is 335 g/mol. The molecule has 2 rings (SSSR count). The van der Waals surface area contributed by atoms with Crippen LogP contribution >= 0.6 is 11.6 Å². The molecule has 1 unspecified atom stereocenters. The van der Waals surface area contributed by atoms with Gasteiger partial charge in [0.2, 0.25) is 0 Å². The van der Waals surface area contributed by atoms with Crippen molar-refractivity contribution in [3.8, 4) is 0 Å². The second kappa shape index (κ2) is 7.70. The second-order valence-electron chi connectivity index (χ2n) is 5.09. The smallest absolute Gasteiger partial charge is 0.139 e. The zero-order valence-corrected chi connectivity index (χ0v) is 14.8. The summed E-state index contributed by atoms with van der Waals surface area (Å²) >= 11 is 6.24. The van der Waals surface area contributed by atoms with Gasteiger partial charge in [-0.2, -0.15) is 0 Å². The van der Waals surface area contributed by atoms with Gasteiger partial charge in [0.15, 0.2) is 0 Å². The van der Waals surface area contributed by atoms with Crippen molar-refractivity contribution in [3.63, 3.8) is 0 Å². The summed E-state index contributed by atoms with van der Waals surface area (Å²) in [6.45, 7) is 4.65. The van der Waals surface area contributed by atoms with Crippen molar-refractivity contribution >= 4 is 34.4 Å². The first-order chi connectivity index (χ1) is 10.9.